The summed E-state index contributed by atoms with van der Waals surface area (Å²) < 4.78 is 19.5. The Bertz CT molecular complexity index is 1650. The van der Waals surface area contributed by atoms with Crippen LogP contribution in [0.5, 0.6) is 11.5 Å². The molecule has 0 amide bonds. The van der Waals surface area contributed by atoms with Crippen molar-refractivity contribution < 1.29 is 24.4 Å². The molecular formula is C31H30N4O6. The fourth-order valence-electron chi connectivity index (χ4n) is 6.19. The molecule has 3 atom stereocenters. The van der Waals surface area contributed by atoms with Crippen molar-refractivity contribution in [2.24, 2.45) is 0 Å². The van der Waals surface area contributed by atoms with Crippen LogP contribution in [-0.4, -0.2) is 62.8 Å². The number of H-pyrrole nitrogens is 1. The third-order valence-electron chi connectivity index (χ3n) is 8.01. The van der Waals surface area contributed by atoms with Crippen LogP contribution in [0, 0.1) is 0 Å². The van der Waals surface area contributed by atoms with Gasteiger partial charge in [-0.25, -0.2) is 9.97 Å². The van der Waals surface area contributed by atoms with Crippen molar-refractivity contribution in [1.82, 2.24) is 19.5 Å². The molecule has 3 heterocycles. The van der Waals surface area contributed by atoms with E-state index in [-0.39, 0.29) is 17.6 Å². The minimum atomic E-state index is -1.46. The lowest BCUT2D eigenvalue weighted by Crippen LogP contribution is -2.55. The number of methoxy groups -OCH3 is 2. The zero-order valence-corrected chi connectivity index (χ0v) is 22.6. The summed E-state index contributed by atoms with van der Waals surface area (Å²) in [5.41, 5.74) is -0.159. The van der Waals surface area contributed by atoms with Crippen LogP contribution in [0.4, 0.5) is 0 Å². The first-order chi connectivity index (χ1) is 20.0. The third kappa shape index (κ3) is 4.02. The van der Waals surface area contributed by atoms with Crippen molar-refractivity contribution in [2.45, 2.75) is 29.8 Å². The molecule has 1 aliphatic rings. The molecule has 1 fully saturated rings. The third-order valence-corrected chi connectivity index (χ3v) is 8.01. The van der Waals surface area contributed by atoms with E-state index >= 15 is 0 Å². The number of aliphatic hydroxyl groups excluding tert-OH is 2. The van der Waals surface area contributed by atoms with E-state index in [1.807, 2.05) is 78.9 Å². The molecule has 0 radical (unpaired) electrons. The smallest absolute Gasteiger partial charge is 0.278 e. The van der Waals surface area contributed by atoms with Crippen LogP contribution in [0.15, 0.2) is 96.3 Å². The summed E-state index contributed by atoms with van der Waals surface area (Å²) in [6.45, 7) is -0.417. The molecular weight excluding hydrogens is 524 g/mol. The number of aromatic nitrogens is 4. The average Bonchev–Trinajstić information content (AvgIpc) is 3.61. The van der Waals surface area contributed by atoms with Crippen LogP contribution in [-0.2, 0) is 15.9 Å². The van der Waals surface area contributed by atoms with Gasteiger partial charge in [-0.3, -0.25) is 9.36 Å². The highest BCUT2D eigenvalue weighted by Crippen LogP contribution is 2.57. The van der Waals surface area contributed by atoms with Gasteiger partial charge in [-0.1, -0.05) is 54.6 Å². The lowest BCUT2D eigenvalue weighted by Gasteiger charge is -2.50. The minimum absolute atomic E-state index is 0.0467. The van der Waals surface area contributed by atoms with Crippen LogP contribution in [0.3, 0.4) is 0 Å². The Balaban J connectivity index is 1.80. The average molecular weight is 555 g/mol. The number of hydrogen-bond donors (Lipinski definition) is 3. The van der Waals surface area contributed by atoms with Gasteiger partial charge in [0.15, 0.2) is 16.9 Å². The molecule has 0 saturated carbocycles. The Morgan fingerprint density at radius 2 is 1.54 bits per heavy atom. The summed E-state index contributed by atoms with van der Waals surface area (Å²) in [6.07, 6.45) is 0.916. The van der Waals surface area contributed by atoms with Gasteiger partial charge in [-0.05, 0) is 41.0 Å². The van der Waals surface area contributed by atoms with Gasteiger partial charge in [-0.2, -0.15) is 0 Å². The van der Waals surface area contributed by atoms with Gasteiger partial charge < -0.3 is 29.4 Å². The summed E-state index contributed by atoms with van der Waals surface area (Å²) in [4.78, 5) is 24.3. The van der Waals surface area contributed by atoms with Gasteiger partial charge in [0, 0.05) is 6.42 Å². The molecule has 3 N–H and O–H groups in total. The fourth-order valence-corrected chi connectivity index (χ4v) is 6.19. The number of ether oxygens (including phenoxy) is 3. The van der Waals surface area contributed by atoms with Crippen LogP contribution < -0.4 is 15.0 Å². The summed E-state index contributed by atoms with van der Waals surface area (Å²) in [6, 6.07) is 25.1. The monoisotopic (exact) mass is 554 g/mol. The molecule has 0 spiro atoms. The van der Waals surface area contributed by atoms with Crippen molar-refractivity contribution in [1.29, 1.82) is 0 Å². The molecule has 0 aliphatic carbocycles. The summed E-state index contributed by atoms with van der Waals surface area (Å²) in [5.74, 6) is 1.34. The molecule has 1 aliphatic heterocycles. The maximum Gasteiger partial charge on any atom is 0.278 e. The maximum absolute atomic E-state index is 12.8. The van der Waals surface area contributed by atoms with E-state index in [1.54, 1.807) is 18.8 Å². The molecule has 41 heavy (non-hydrogen) atoms. The number of aromatic amines is 1. The Morgan fingerprint density at radius 3 is 2.07 bits per heavy atom. The Morgan fingerprint density at radius 1 is 0.951 bits per heavy atom. The van der Waals surface area contributed by atoms with E-state index in [9.17, 15) is 15.0 Å². The lowest BCUT2D eigenvalue weighted by molar-refractivity contribution is -0.143. The van der Waals surface area contributed by atoms with E-state index < -0.39 is 35.5 Å². The van der Waals surface area contributed by atoms with Crippen molar-refractivity contribution in [3.8, 4) is 11.5 Å². The van der Waals surface area contributed by atoms with E-state index in [0.29, 0.717) is 11.5 Å². The largest absolute Gasteiger partial charge is 0.497 e. The summed E-state index contributed by atoms with van der Waals surface area (Å²) in [7, 11) is 3.21. The number of rotatable bonds is 8. The highest BCUT2D eigenvalue weighted by Gasteiger charge is 2.63. The predicted molar refractivity (Wildman–Crippen MR) is 151 cm³/mol. The molecule has 6 rings (SSSR count). The summed E-state index contributed by atoms with van der Waals surface area (Å²) >= 11 is 0. The van der Waals surface area contributed by atoms with Gasteiger partial charge >= 0.3 is 0 Å². The maximum atomic E-state index is 12.8. The molecule has 2 aromatic heterocycles. The Hall–Kier alpha value is -4.51. The predicted octanol–water partition coefficient (Wildman–Crippen LogP) is 2.97. The van der Waals surface area contributed by atoms with Crippen molar-refractivity contribution >= 4 is 11.2 Å². The first kappa shape index (κ1) is 26.7. The molecule has 10 nitrogen and oxygen atoms in total. The molecule has 210 valence electrons. The van der Waals surface area contributed by atoms with Gasteiger partial charge in [0.2, 0.25) is 0 Å². The van der Waals surface area contributed by atoms with Crippen molar-refractivity contribution in [3.05, 3.63) is 119 Å². The zero-order chi connectivity index (χ0) is 28.6. The van der Waals surface area contributed by atoms with Crippen LogP contribution in [0.2, 0.25) is 0 Å². The van der Waals surface area contributed by atoms with Gasteiger partial charge in [0.25, 0.3) is 5.56 Å². The van der Waals surface area contributed by atoms with Crippen LogP contribution >= 0.6 is 0 Å². The molecule has 0 unspecified atom stereocenters. The van der Waals surface area contributed by atoms with Gasteiger partial charge in [-0.15, -0.1) is 0 Å². The van der Waals surface area contributed by atoms with E-state index in [4.69, 9.17) is 14.2 Å². The number of fused-ring (bicyclic) bond motifs is 1. The molecule has 3 aromatic carbocycles. The number of aliphatic hydroxyl groups is 2. The van der Waals surface area contributed by atoms with Crippen LogP contribution in [0.1, 0.15) is 23.1 Å². The fraction of sp³-hybridized carbons (Fsp3) is 0.258. The van der Waals surface area contributed by atoms with Crippen molar-refractivity contribution in [2.75, 3.05) is 20.8 Å². The Kier molecular flexibility index (Phi) is 6.82. The number of hydrogen-bond acceptors (Lipinski definition) is 8. The molecule has 1 saturated heterocycles. The highest BCUT2D eigenvalue weighted by molar-refractivity contribution is 5.70. The van der Waals surface area contributed by atoms with E-state index in [1.165, 1.54) is 12.7 Å². The number of benzene rings is 3. The zero-order valence-electron chi connectivity index (χ0n) is 22.6. The topological polar surface area (TPSA) is 132 Å². The lowest BCUT2D eigenvalue weighted by atomic mass is 9.61. The quantitative estimate of drug-likeness (QED) is 0.250. The molecule has 10 heteroatoms. The number of nitrogens with one attached hydrogen (secondary N) is 1. The second kappa shape index (κ2) is 10.5. The highest BCUT2D eigenvalue weighted by atomic mass is 16.6. The first-order valence-corrected chi connectivity index (χ1v) is 13.2. The van der Waals surface area contributed by atoms with Crippen LogP contribution in [0.25, 0.3) is 11.2 Å². The molecule has 5 aromatic rings. The second-order valence-corrected chi connectivity index (χ2v) is 9.99. The second-order valence-electron chi connectivity index (χ2n) is 9.99. The minimum Gasteiger partial charge on any atom is -0.497 e. The first-order valence-electron chi connectivity index (χ1n) is 13.2. The molecule has 0 bridgehead atoms. The van der Waals surface area contributed by atoms with Gasteiger partial charge in [0.1, 0.15) is 17.6 Å². The SMILES string of the molecule is COc1ccc(C(c2ccccc2)(c2ccc(OC)cc2)[C@]2(n3cnc4c(=O)[nH]cnc43)C[C@H](O)[C@@H](CO)O2)cc1. The number of imidazole rings is 1. The van der Waals surface area contributed by atoms with E-state index in [2.05, 4.69) is 15.0 Å². The van der Waals surface area contributed by atoms with E-state index in [0.717, 1.165) is 16.7 Å². The normalized spacial score (nSPS) is 20.8. The standard InChI is InChI=1S/C31H30N4O6/c1-39-23-12-8-21(9-13-23)31(20-6-4-3-5-7-20,22-10-14-24(40-2)15-11-22)30(16-25(37)26(17-36)41-30)35-19-34-27-28(35)32-18-33-29(27)38/h3-15,18-19,25-26,36-37H,16-17H2,1-2H3,(H,32,33,38)/t25-,26+,30-/m0/s1. The Labute approximate surface area is 235 Å². The van der Waals surface area contributed by atoms with Gasteiger partial charge in [0.05, 0.1) is 45.0 Å². The summed E-state index contributed by atoms with van der Waals surface area (Å²) in [5, 5.41) is 21.7. The number of nitrogens with zero attached hydrogens (tertiary/aromatic N) is 3. The van der Waals surface area contributed by atoms with Crippen molar-refractivity contribution in [3.63, 3.8) is 0 Å².